The van der Waals surface area contributed by atoms with Crippen molar-refractivity contribution in [2.24, 2.45) is 0 Å². The summed E-state index contributed by atoms with van der Waals surface area (Å²) in [7, 11) is 0. The Morgan fingerprint density at radius 1 is 1.55 bits per heavy atom. The molecule has 0 aliphatic heterocycles. The second-order valence-electron chi connectivity index (χ2n) is 2.03. The van der Waals surface area contributed by atoms with Crippen molar-refractivity contribution in [1.82, 2.24) is 20.3 Å². The minimum atomic E-state index is 0.466. The summed E-state index contributed by atoms with van der Waals surface area (Å²) in [4.78, 5) is 1.66. The summed E-state index contributed by atoms with van der Waals surface area (Å²) in [6, 6.07) is 0. The number of nitrogens with one attached hydrogen (secondary N) is 1. The van der Waals surface area contributed by atoms with Crippen molar-refractivity contribution >= 4 is 12.2 Å². The molecule has 0 aromatic carbocycles. The van der Waals surface area contributed by atoms with Crippen LogP contribution in [-0.2, 0) is 0 Å². The van der Waals surface area contributed by atoms with Crippen LogP contribution in [0, 0.1) is 4.77 Å². The lowest BCUT2D eigenvalue weighted by Gasteiger charge is -2.19. The van der Waals surface area contributed by atoms with Gasteiger partial charge in [-0.25, -0.2) is 0 Å². The first-order valence-corrected chi connectivity index (χ1v) is 3.95. The van der Waals surface area contributed by atoms with E-state index in [2.05, 4.69) is 15.5 Å². The zero-order chi connectivity index (χ0) is 8.27. The van der Waals surface area contributed by atoms with E-state index >= 15 is 0 Å². The van der Waals surface area contributed by atoms with Gasteiger partial charge in [-0.15, -0.1) is 4.79 Å². The predicted octanol–water partition coefficient (Wildman–Crippen LogP) is 0.313. The second kappa shape index (κ2) is 3.47. The van der Waals surface area contributed by atoms with Crippen LogP contribution in [0.5, 0.6) is 0 Å². The van der Waals surface area contributed by atoms with Crippen LogP contribution < -0.4 is 5.01 Å². The number of aromatic nitrogens is 4. The fraction of sp³-hybridized carbons (Fsp3) is 0.800. The van der Waals surface area contributed by atoms with E-state index in [-0.39, 0.29) is 0 Å². The first kappa shape index (κ1) is 8.19. The molecule has 0 radical (unpaired) electrons. The number of rotatable bonds is 3. The third kappa shape index (κ3) is 1.56. The Bertz CT molecular complexity index is 260. The normalized spacial score (nSPS) is 10.0. The maximum Gasteiger partial charge on any atom is 0.258 e. The van der Waals surface area contributed by atoms with Gasteiger partial charge in [0.05, 0.1) is 0 Å². The zero-order valence-corrected chi connectivity index (χ0v) is 7.43. The lowest BCUT2D eigenvalue weighted by Crippen LogP contribution is -2.35. The number of aromatic amines is 1. The van der Waals surface area contributed by atoms with Crippen molar-refractivity contribution in [3.05, 3.63) is 4.77 Å². The van der Waals surface area contributed by atoms with Crippen molar-refractivity contribution in [3.8, 4) is 0 Å². The Labute approximate surface area is 70.0 Å². The third-order valence-electron chi connectivity index (χ3n) is 1.47. The van der Waals surface area contributed by atoms with Gasteiger partial charge in [0.1, 0.15) is 0 Å². The first-order chi connectivity index (χ1) is 5.29. The summed E-state index contributed by atoms with van der Waals surface area (Å²) in [5.41, 5.74) is 0. The zero-order valence-electron chi connectivity index (χ0n) is 6.61. The molecule has 62 valence electrons. The SMILES string of the molecule is CCN(CC)n1[nH]nnc1=S. The van der Waals surface area contributed by atoms with Gasteiger partial charge in [0.2, 0.25) is 0 Å². The highest BCUT2D eigenvalue weighted by Crippen LogP contribution is 1.87. The van der Waals surface area contributed by atoms with Crippen LogP contribution in [0.2, 0.25) is 0 Å². The molecule has 0 fully saturated rings. The summed E-state index contributed by atoms with van der Waals surface area (Å²) >= 11 is 4.91. The van der Waals surface area contributed by atoms with E-state index in [1.165, 1.54) is 0 Å². The number of hydrogen-bond acceptors (Lipinski definition) is 4. The van der Waals surface area contributed by atoms with Crippen LogP contribution in [0.15, 0.2) is 0 Å². The van der Waals surface area contributed by atoms with Gasteiger partial charge in [0.25, 0.3) is 4.77 Å². The highest BCUT2D eigenvalue weighted by molar-refractivity contribution is 7.71. The van der Waals surface area contributed by atoms with Crippen LogP contribution >= 0.6 is 12.2 Å². The first-order valence-electron chi connectivity index (χ1n) is 3.55. The smallest absolute Gasteiger partial charge is 0.258 e. The third-order valence-corrected chi connectivity index (χ3v) is 1.72. The molecule has 0 aliphatic carbocycles. The summed E-state index contributed by atoms with van der Waals surface area (Å²) in [5, 5.41) is 11.9. The maximum atomic E-state index is 4.91. The van der Waals surface area contributed by atoms with Gasteiger partial charge >= 0.3 is 0 Å². The van der Waals surface area contributed by atoms with Crippen LogP contribution in [-0.4, -0.2) is 33.4 Å². The predicted molar refractivity (Wildman–Crippen MR) is 44.5 cm³/mol. The molecular formula is C5H11N5S. The second-order valence-corrected chi connectivity index (χ2v) is 2.40. The van der Waals surface area contributed by atoms with Crippen LogP contribution in [0.4, 0.5) is 0 Å². The van der Waals surface area contributed by atoms with Gasteiger partial charge in [-0.3, -0.25) is 5.01 Å². The average molecular weight is 173 g/mol. The van der Waals surface area contributed by atoms with E-state index in [1.807, 2.05) is 18.9 Å². The molecular weight excluding hydrogens is 162 g/mol. The average Bonchev–Trinajstić information content (AvgIpc) is 2.40. The molecule has 0 saturated heterocycles. The van der Waals surface area contributed by atoms with E-state index in [0.29, 0.717) is 4.77 Å². The van der Waals surface area contributed by atoms with Crippen molar-refractivity contribution in [2.75, 3.05) is 18.1 Å². The quantitative estimate of drug-likeness (QED) is 0.668. The lowest BCUT2D eigenvalue weighted by molar-refractivity contribution is 0.533. The Morgan fingerprint density at radius 3 is 2.55 bits per heavy atom. The Hall–Kier alpha value is -0.910. The van der Waals surface area contributed by atoms with Gasteiger partial charge < -0.3 is 0 Å². The Balaban J connectivity index is 2.90. The molecule has 5 nitrogen and oxygen atoms in total. The van der Waals surface area contributed by atoms with Gasteiger partial charge in [-0.1, -0.05) is 5.10 Å². The van der Waals surface area contributed by atoms with Crippen LogP contribution in [0.3, 0.4) is 0 Å². The highest BCUT2D eigenvalue weighted by Gasteiger charge is 2.00. The fourth-order valence-corrected chi connectivity index (χ4v) is 1.08. The number of nitrogens with zero attached hydrogens (tertiary/aromatic N) is 4. The van der Waals surface area contributed by atoms with Crippen molar-refractivity contribution < 1.29 is 0 Å². The molecule has 1 N–H and O–H groups in total. The van der Waals surface area contributed by atoms with E-state index < -0.39 is 0 Å². The molecule has 1 aromatic rings. The summed E-state index contributed by atoms with van der Waals surface area (Å²) in [5.74, 6) is 0. The molecule has 1 rings (SSSR count). The van der Waals surface area contributed by atoms with Crippen molar-refractivity contribution in [1.29, 1.82) is 0 Å². The van der Waals surface area contributed by atoms with E-state index in [0.717, 1.165) is 13.1 Å². The Morgan fingerprint density at radius 2 is 2.18 bits per heavy atom. The fourth-order valence-electron chi connectivity index (χ4n) is 0.883. The maximum absolute atomic E-state index is 4.91. The van der Waals surface area contributed by atoms with Crippen LogP contribution in [0.25, 0.3) is 0 Å². The van der Waals surface area contributed by atoms with Gasteiger partial charge in [0, 0.05) is 13.1 Å². The lowest BCUT2D eigenvalue weighted by atomic mass is 10.6. The highest BCUT2D eigenvalue weighted by atomic mass is 32.1. The standard InChI is InChI=1S/C5H11N5S/c1-3-9(4-2)10-5(11)6-7-8-10/h3-4H2,1-2H3,(H,6,8,11). The van der Waals surface area contributed by atoms with Crippen LogP contribution in [0.1, 0.15) is 13.8 Å². The summed E-state index contributed by atoms with van der Waals surface area (Å²) in [6.45, 7) is 5.86. The number of tetrazole rings is 1. The minimum Gasteiger partial charge on any atom is -0.295 e. The molecule has 6 heteroatoms. The van der Waals surface area contributed by atoms with E-state index in [1.54, 1.807) is 4.79 Å². The molecule has 0 bridgehead atoms. The Kier molecular flexibility index (Phi) is 2.58. The molecule has 0 atom stereocenters. The largest absolute Gasteiger partial charge is 0.295 e. The van der Waals surface area contributed by atoms with E-state index in [9.17, 15) is 0 Å². The van der Waals surface area contributed by atoms with Crippen molar-refractivity contribution in [3.63, 3.8) is 0 Å². The van der Waals surface area contributed by atoms with Gasteiger partial charge in [0.15, 0.2) is 0 Å². The monoisotopic (exact) mass is 173 g/mol. The van der Waals surface area contributed by atoms with E-state index in [4.69, 9.17) is 12.2 Å². The topological polar surface area (TPSA) is 49.7 Å². The molecule has 1 aromatic heterocycles. The number of hydrogen-bond donors (Lipinski definition) is 1. The molecule has 0 aliphatic rings. The van der Waals surface area contributed by atoms with Gasteiger partial charge in [-0.05, 0) is 31.3 Å². The summed E-state index contributed by atoms with van der Waals surface area (Å²) < 4.78 is 0.466. The number of H-pyrrole nitrogens is 1. The molecule has 0 saturated carbocycles. The molecule has 0 unspecified atom stereocenters. The van der Waals surface area contributed by atoms with Crippen molar-refractivity contribution in [2.45, 2.75) is 13.8 Å². The molecule has 0 spiro atoms. The summed E-state index contributed by atoms with van der Waals surface area (Å²) in [6.07, 6.45) is 0. The molecule has 1 heterocycles. The minimum absolute atomic E-state index is 0.466. The molecule has 0 amide bonds. The molecule has 11 heavy (non-hydrogen) atoms. The van der Waals surface area contributed by atoms with Gasteiger partial charge in [-0.2, -0.15) is 5.21 Å².